The first-order chi connectivity index (χ1) is 13.7. The molecule has 0 saturated carbocycles. The van der Waals surface area contributed by atoms with Gasteiger partial charge < -0.3 is 5.32 Å². The van der Waals surface area contributed by atoms with Crippen LogP contribution in [0.4, 0.5) is 5.69 Å². The molecule has 0 aliphatic carbocycles. The van der Waals surface area contributed by atoms with Crippen molar-refractivity contribution < 1.29 is 14.4 Å². The Balaban J connectivity index is 1.71. The van der Waals surface area contributed by atoms with Gasteiger partial charge in [0.1, 0.15) is 0 Å². The Hall–Kier alpha value is -3.26. The van der Waals surface area contributed by atoms with Crippen molar-refractivity contribution in [3.63, 3.8) is 0 Å². The van der Waals surface area contributed by atoms with Crippen molar-refractivity contribution in [1.29, 1.82) is 0 Å². The second-order valence-corrected chi connectivity index (χ2v) is 7.10. The minimum atomic E-state index is -0.423. The van der Waals surface area contributed by atoms with E-state index in [9.17, 15) is 14.4 Å². The minimum absolute atomic E-state index is 0.0172. The fourth-order valence-corrected chi connectivity index (χ4v) is 2.55. The van der Waals surface area contributed by atoms with Crippen LogP contribution in [0, 0.1) is 20.8 Å². The summed E-state index contributed by atoms with van der Waals surface area (Å²) in [5, 5.41) is 5.23. The normalized spacial score (nSPS) is 10.0. The van der Waals surface area contributed by atoms with Gasteiger partial charge in [-0.3, -0.25) is 30.6 Å². The molecular weight excluding hydrogens is 388 g/mol. The number of carbonyl (C=O) groups excluding carboxylic acids is 3. The number of anilines is 1. The Labute approximate surface area is 175 Å². The summed E-state index contributed by atoms with van der Waals surface area (Å²) in [5.74, 6) is -1.07. The van der Waals surface area contributed by atoms with E-state index in [1.165, 1.54) is 0 Å². The highest BCUT2D eigenvalue weighted by Crippen LogP contribution is 2.16. The van der Waals surface area contributed by atoms with E-state index in [1.807, 2.05) is 51.1 Å². The smallest absolute Gasteiger partial charge is 0.257 e. The van der Waals surface area contributed by atoms with Crippen LogP contribution in [-0.2, 0) is 9.59 Å². The van der Waals surface area contributed by atoms with E-state index in [0.29, 0.717) is 5.56 Å². The molecule has 2 aromatic rings. The van der Waals surface area contributed by atoms with Crippen LogP contribution in [0.1, 0.15) is 39.9 Å². The number of nitrogens with one attached hydrogen (secondary N) is 4. The third-order valence-corrected chi connectivity index (χ3v) is 4.31. The van der Waals surface area contributed by atoms with E-state index in [1.54, 1.807) is 12.1 Å². The van der Waals surface area contributed by atoms with Crippen LogP contribution in [0.15, 0.2) is 42.5 Å². The van der Waals surface area contributed by atoms with Crippen LogP contribution in [0.25, 0.3) is 0 Å². The number of amides is 3. The second kappa shape index (κ2) is 10.3. The molecule has 0 heterocycles. The monoisotopic (exact) mass is 412 g/mol. The predicted molar refractivity (Wildman–Crippen MR) is 116 cm³/mol. The molecule has 0 bridgehead atoms. The van der Waals surface area contributed by atoms with Crippen LogP contribution >= 0.6 is 12.2 Å². The molecule has 7 nitrogen and oxygen atoms in total. The highest BCUT2D eigenvalue weighted by atomic mass is 32.1. The number of hydrazine groups is 1. The molecule has 2 aromatic carbocycles. The summed E-state index contributed by atoms with van der Waals surface area (Å²) in [6.07, 6.45) is -0.0123. The fourth-order valence-electron chi connectivity index (χ4n) is 2.41. The van der Waals surface area contributed by atoms with Crippen LogP contribution in [0.5, 0.6) is 0 Å². The molecule has 0 aliphatic heterocycles. The van der Waals surface area contributed by atoms with Gasteiger partial charge in [0.15, 0.2) is 5.11 Å². The molecule has 0 aromatic heterocycles. The fraction of sp³-hybridized carbons (Fsp3) is 0.238. The average molecular weight is 413 g/mol. The van der Waals surface area contributed by atoms with Crippen molar-refractivity contribution in [3.05, 3.63) is 64.7 Å². The zero-order valence-corrected chi connectivity index (χ0v) is 17.4. The highest BCUT2D eigenvalue weighted by Gasteiger charge is 2.11. The second-order valence-electron chi connectivity index (χ2n) is 6.69. The molecule has 29 heavy (non-hydrogen) atoms. The minimum Gasteiger partial charge on any atom is -0.326 e. The number of hydrogen-bond donors (Lipinski definition) is 4. The largest absolute Gasteiger partial charge is 0.326 e. The lowest BCUT2D eigenvalue weighted by Crippen LogP contribution is -2.48. The van der Waals surface area contributed by atoms with Gasteiger partial charge in [-0.05, 0) is 62.3 Å². The Kier molecular flexibility index (Phi) is 7.85. The molecule has 0 aliphatic rings. The highest BCUT2D eigenvalue weighted by molar-refractivity contribution is 7.80. The van der Waals surface area contributed by atoms with Crippen LogP contribution in [0.3, 0.4) is 0 Å². The van der Waals surface area contributed by atoms with E-state index >= 15 is 0 Å². The van der Waals surface area contributed by atoms with E-state index in [4.69, 9.17) is 12.2 Å². The SMILES string of the molecule is Cc1ccc(C(=O)NC(=S)NNC(=O)CCC(=O)Nc2cc(C)ccc2C)cc1. The van der Waals surface area contributed by atoms with Crippen LogP contribution in [0.2, 0.25) is 0 Å². The molecule has 0 spiro atoms. The maximum absolute atomic E-state index is 12.1. The third kappa shape index (κ3) is 7.34. The van der Waals surface area contributed by atoms with Gasteiger partial charge in [0.05, 0.1) is 0 Å². The van der Waals surface area contributed by atoms with Crippen molar-refractivity contribution in [1.82, 2.24) is 16.2 Å². The number of hydrogen-bond acceptors (Lipinski definition) is 4. The molecule has 152 valence electrons. The summed E-state index contributed by atoms with van der Waals surface area (Å²) in [6.45, 7) is 5.76. The maximum atomic E-state index is 12.1. The standard InChI is InChI=1S/C21H24N4O3S/c1-13-5-8-16(9-6-13)20(28)23-21(29)25-24-19(27)11-10-18(26)22-17-12-14(2)4-7-15(17)3/h4-9,12H,10-11H2,1-3H3,(H,22,26)(H,24,27)(H2,23,25,28,29). The number of benzene rings is 2. The van der Waals surface area contributed by atoms with Gasteiger partial charge in [0.25, 0.3) is 5.91 Å². The van der Waals surface area contributed by atoms with E-state index < -0.39 is 5.91 Å². The van der Waals surface area contributed by atoms with Crippen LogP contribution < -0.4 is 21.5 Å². The topological polar surface area (TPSA) is 99.3 Å². The van der Waals surface area contributed by atoms with Crippen molar-refractivity contribution in [3.8, 4) is 0 Å². The lowest BCUT2D eigenvalue weighted by Gasteiger charge is -2.11. The molecule has 0 unspecified atom stereocenters. The zero-order valence-electron chi connectivity index (χ0n) is 16.6. The van der Waals surface area contributed by atoms with Gasteiger partial charge >= 0.3 is 0 Å². The van der Waals surface area contributed by atoms with Gasteiger partial charge in [-0.1, -0.05) is 29.8 Å². The summed E-state index contributed by atoms with van der Waals surface area (Å²) >= 11 is 4.99. The van der Waals surface area contributed by atoms with Gasteiger partial charge in [-0.25, -0.2) is 0 Å². The molecule has 4 N–H and O–H groups in total. The first-order valence-electron chi connectivity index (χ1n) is 9.08. The molecule has 8 heteroatoms. The van der Waals surface area contributed by atoms with Crippen molar-refractivity contribution in [2.45, 2.75) is 33.6 Å². The summed E-state index contributed by atoms with van der Waals surface area (Å²) in [4.78, 5) is 36.0. The van der Waals surface area contributed by atoms with Crippen LogP contribution in [-0.4, -0.2) is 22.8 Å². The first-order valence-corrected chi connectivity index (χ1v) is 9.49. The summed E-state index contributed by atoms with van der Waals surface area (Å²) in [5.41, 5.74) is 9.02. The molecule has 3 amide bonds. The molecule has 0 atom stereocenters. The summed E-state index contributed by atoms with van der Waals surface area (Å²) in [6, 6.07) is 12.8. The lowest BCUT2D eigenvalue weighted by atomic mass is 10.1. The van der Waals surface area contributed by atoms with Gasteiger partial charge in [0, 0.05) is 24.1 Å². The number of rotatable bonds is 5. The maximum Gasteiger partial charge on any atom is 0.257 e. The average Bonchev–Trinajstić information content (AvgIpc) is 2.68. The molecular formula is C21H24N4O3S. The summed E-state index contributed by atoms with van der Waals surface area (Å²) in [7, 11) is 0. The van der Waals surface area contributed by atoms with Gasteiger partial charge in [-0.15, -0.1) is 0 Å². The van der Waals surface area contributed by atoms with E-state index in [0.717, 1.165) is 22.4 Å². The van der Waals surface area contributed by atoms with Crippen molar-refractivity contribution in [2.75, 3.05) is 5.32 Å². The Bertz CT molecular complexity index is 926. The number of thiocarbonyl (C=S) groups is 1. The Morgan fingerprint density at radius 3 is 2.14 bits per heavy atom. The zero-order chi connectivity index (χ0) is 21.4. The van der Waals surface area contributed by atoms with E-state index in [-0.39, 0.29) is 29.8 Å². The predicted octanol–water partition coefficient (Wildman–Crippen LogP) is 2.67. The Morgan fingerprint density at radius 1 is 0.828 bits per heavy atom. The van der Waals surface area contributed by atoms with E-state index in [2.05, 4.69) is 21.5 Å². The quantitative estimate of drug-likeness (QED) is 0.447. The van der Waals surface area contributed by atoms with Gasteiger partial charge in [0.2, 0.25) is 11.8 Å². The lowest BCUT2D eigenvalue weighted by molar-refractivity contribution is -0.124. The molecule has 0 radical (unpaired) electrons. The molecule has 2 rings (SSSR count). The molecule has 0 fully saturated rings. The Morgan fingerprint density at radius 2 is 1.45 bits per heavy atom. The first kappa shape index (κ1) is 22.0. The molecule has 0 saturated heterocycles. The summed E-state index contributed by atoms with van der Waals surface area (Å²) < 4.78 is 0. The van der Waals surface area contributed by atoms with Crippen molar-refractivity contribution in [2.24, 2.45) is 0 Å². The van der Waals surface area contributed by atoms with Crippen molar-refractivity contribution >= 4 is 40.7 Å². The number of aryl methyl sites for hydroxylation is 3. The number of carbonyl (C=O) groups is 3. The van der Waals surface area contributed by atoms with Gasteiger partial charge in [-0.2, -0.15) is 0 Å². The third-order valence-electron chi connectivity index (χ3n) is 4.10.